The molecule has 0 spiro atoms. The number of aryl methyl sites for hydroxylation is 1. The van der Waals surface area contributed by atoms with Crippen LogP contribution < -0.4 is 11.1 Å². The number of nitrogen functional groups attached to an aromatic ring is 1. The van der Waals surface area contributed by atoms with Crippen molar-refractivity contribution < 1.29 is 0 Å². The second kappa shape index (κ2) is 7.88. The Hall–Kier alpha value is -3.65. The monoisotopic (exact) mass is 407 g/mol. The first kappa shape index (κ1) is 19.3. The highest BCUT2D eigenvalue weighted by molar-refractivity contribution is 6.14. The SMILES string of the molecule is N#Cc1ccc2c(c1)CCCC2Nc1ccc(N)c(C(=N)c2cncc(C3CC3)c2)c1. The quantitative estimate of drug-likeness (QED) is 0.394. The van der Waals surface area contributed by atoms with Crippen LogP contribution in [0.1, 0.15) is 71.0 Å². The fourth-order valence-corrected chi connectivity index (χ4v) is 4.49. The molecule has 2 aromatic carbocycles. The van der Waals surface area contributed by atoms with Gasteiger partial charge in [-0.05, 0) is 91.1 Å². The lowest BCUT2D eigenvalue weighted by molar-refractivity contribution is 0.600. The van der Waals surface area contributed by atoms with E-state index in [1.54, 1.807) is 6.20 Å². The number of fused-ring (bicyclic) bond motifs is 1. The standard InChI is InChI=1S/C26H25N5/c27-13-16-4-8-22-18(10-16)2-1-3-25(22)31-21-7-9-24(28)23(12-21)26(29)20-11-19(14-30-15-20)17-5-6-17/h4,7-12,14-15,17,25,29,31H,1-3,5-6,28H2. The molecule has 3 aromatic rings. The predicted molar refractivity (Wildman–Crippen MR) is 123 cm³/mol. The van der Waals surface area contributed by atoms with Crippen molar-refractivity contribution in [3.8, 4) is 6.07 Å². The topological polar surface area (TPSA) is 98.6 Å². The lowest BCUT2D eigenvalue weighted by Crippen LogP contribution is -2.18. The zero-order valence-corrected chi connectivity index (χ0v) is 17.4. The summed E-state index contributed by atoms with van der Waals surface area (Å²) >= 11 is 0. The van der Waals surface area contributed by atoms with Gasteiger partial charge in [-0.1, -0.05) is 6.07 Å². The molecule has 0 radical (unpaired) electrons. The van der Waals surface area contributed by atoms with Gasteiger partial charge >= 0.3 is 0 Å². The minimum atomic E-state index is 0.182. The maximum Gasteiger partial charge on any atom is 0.0991 e. The van der Waals surface area contributed by atoms with Gasteiger partial charge in [-0.3, -0.25) is 10.4 Å². The molecule has 1 aromatic heterocycles. The Kier molecular flexibility index (Phi) is 4.91. The molecule has 5 rings (SSSR count). The van der Waals surface area contributed by atoms with Crippen LogP contribution in [0.5, 0.6) is 0 Å². The average Bonchev–Trinajstić information content (AvgIpc) is 3.65. The van der Waals surface area contributed by atoms with Crippen LogP contribution >= 0.6 is 0 Å². The molecule has 5 heteroatoms. The highest BCUT2D eigenvalue weighted by Crippen LogP contribution is 2.40. The van der Waals surface area contributed by atoms with E-state index in [0.717, 1.165) is 36.1 Å². The van der Waals surface area contributed by atoms with Crippen molar-refractivity contribution >= 4 is 17.1 Å². The molecule has 1 fully saturated rings. The number of nitrogens with one attached hydrogen (secondary N) is 2. The molecule has 2 aliphatic rings. The number of rotatable bonds is 5. The van der Waals surface area contributed by atoms with E-state index in [0.29, 0.717) is 22.9 Å². The Morgan fingerprint density at radius 3 is 2.77 bits per heavy atom. The molecular weight excluding hydrogens is 382 g/mol. The molecule has 2 aliphatic carbocycles. The van der Waals surface area contributed by atoms with E-state index in [2.05, 4.69) is 28.5 Å². The summed E-state index contributed by atoms with van der Waals surface area (Å²) in [5, 5.41) is 21.6. The largest absolute Gasteiger partial charge is 0.398 e. The Morgan fingerprint density at radius 2 is 1.97 bits per heavy atom. The number of hydrogen-bond acceptors (Lipinski definition) is 5. The Bertz CT molecular complexity index is 1200. The number of nitriles is 1. The first-order valence-electron chi connectivity index (χ1n) is 10.9. The van der Waals surface area contributed by atoms with Crippen molar-refractivity contribution in [1.82, 2.24) is 4.98 Å². The van der Waals surface area contributed by atoms with Gasteiger partial charge in [0.2, 0.25) is 0 Å². The summed E-state index contributed by atoms with van der Waals surface area (Å²) in [5.41, 5.74) is 14.1. The second-order valence-electron chi connectivity index (χ2n) is 8.57. The van der Waals surface area contributed by atoms with Gasteiger partial charge in [0.05, 0.1) is 23.4 Å². The zero-order valence-electron chi connectivity index (χ0n) is 17.4. The summed E-state index contributed by atoms with van der Waals surface area (Å²) in [4.78, 5) is 4.36. The van der Waals surface area contributed by atoms with E-state index in [-0.39, 0.29) is 6.04 Å². The number of nitrogens with two attached hydrogens (primary N) is 1. The molecule has 0 amide bonds. The second-order valence-corrected chi connectivity index (χ2v) is 8.57. The van der Waals surface area contributed by atoms with Gasteiger partial charge in [0.25, 0.3) is 0 Å². The molecule has 1 saturated carbocycles. The average molecular weight is 408 g/mol. The summed E-state index contributed by atoms with van der Waals surface area (Å²) in [6.45, 7) is 0. The number of pyridine rings is 1. The summed E-state index contributed by atoms with van der Waals surface area (Å²) in [6, 6.07) is 16.3. The highest BCUT2D eigenvalue weighted by Gasteiger charge is 2.25. The van der Waals surface area contributed by atoms with E-state index in [4.69, 9.17) is 11.1 Å². The molecular formula is C26H25N5. The molecule has 1 heterocycles. The molecule has 0 bridgehead atoms. The van der Waals surface area contributed by atoms with Gasteiger partial charge < -0.3 is 11.1 Å². The number of benzene rings is 2. The van der Waals surface area contributed by atoms with Crippen LogP contribution in [0.2, 0.25) is 0 Å². The first-order chi connectivity index (χ1) is 15.1. The smallest absolute Gasteiger partial charge is 0.0991 e. The van der Waals surface area contributed by atoms with E-state index in [1.165, 1.54) is 29.5 Å². The summed E-state index contributed by atoms with van der Waals surface area (Å²) in [6.07, 6.45) is 9.19. The number of aromatic nitrogens is 1. The maximum atomic E-state index is 9.19. The third kappa shape index (κ3) is 3.89. The number of hydrogen-bond donors (Lipinski definition) is 3. The molecule has 5 nitrogen and oxygen atoms in total. The molecule has 0 aliphatic heterocycles. The molecule has 31 heavy (non-hydrogen) atoms. The Morgan fingerprint density at radius 1 is 1.10 bits per heavy atom. The summed E-state index contributed by atoms with van der Waals surface area (Å²) in [5.74, 6) is 0.596. The molecule has 1 atom stereocenters. The third-order valence-electron chi connectivity index (χ3n) is 6.35. The Balaban J connectivity index is 1.41. The fraction of sp³-hybridized carbons (Fsp3) is 0.269. The van der Waals surface area contributed by atoms with Crippen molar-refractivity contribution in [2.24, 2.45) is 0 Å². The minimum absolute atomic E-state index is 0.182. The van der Waals surface area contributed by atoms with Crippen LogP contribution in [-0.4, -0.2) is 10.7 Å². The molecule has 154 valence electrons. The van der Waals surface area contributed by atoms with Gasteiger partial charge in [-0.25, -0.2) is 0 Å². The van der Waals surface area contributed by atoms with Crippen LogP contribution in [0.15, 0.2) is 54.9 Å². The van der Waals surface area contributed by atoms with Crippen LogP contribution in [0, 0.1) is 16.7 Å². The van der Waals surface area contributed by atoms with Crippen molar-refractivity contribution in [3.63, 3.8) is 0 Å². The lowest BCUT2D eigenvalue weighted by atomic mass is 9.86. The van der Waals surface area contributed by atoms with Crippen molar-refractivity contribution in [3.05, 3.63) is 88.2 Å². The predicted octanol–water partition coefficient (Wildman–Crippen LogP) is 5.32. The highest BCUT2D eigenvalue weighted by atomic mass is 14.9. The van der Waals surface area contributed by atoms with Crippen LogP contribution in [-0.2, 0) is 6.42 Å². The summed E-state index contributed by atoms with van der Waals surface area (Å²) in [7, 11) is 0. The number of anilines is 2. The van der Waals surface area contributed by atoms with E-state index < -0.39 is 0 Å². The van der Waals surface area contributed by atoms with Crippen LogP contribution in [0.4, 0.5) is 11.4 Å². The number of nitrogens with zero attached hydrogens (tertiary/aromatic N) is 2. The van der Waals surface area contributed by atoms with Gasteiger partial charge in [0.15, 0.2) is 0 Å². The van der Waals surface area contributed by atoms with Gasteiger partial charge in [0, 0.05) is 34.9 Å². The fourth-order valence-electron chi connectivity index (χ4n) is 4.49. The lowest BCUT2D eigenvalue weighted by Gasteiger charge is -2.27. The van der Waals surface area contributed by atoms with Gasteiger partial charge in [-0.15, -0.1) is 0 Å². The van der Waals surface area contributed by atoms with E-state index in [9.17, 15) is 5.26 Å². The van der Waals surface area contributed by atoms with E-state index in [1.807, 2.05) is 36.5 Å². The third-order valence-corrected chi connectivity index (χ3v) is 6.35. The molecule has 0 saturated heterocycles. The van der Waals surface area contributed by atoms with Gasteiger partial charge in [0.1, 0.15) is 0 Å². The maximum absolute atomic E-state index is 9.19. The van der Waals surface area contributed by atoms with Crippen LogP contribution in [0.3, 0.4) is 0 Å². The molecule has 4 N–H and O–H groups in total. The van der Waals surface area contributed by atoms with Crippen LogP contribution in [0.25, 0.3) is 0 Å². The minimum Gasteiger partial charge on any atom is -0.398 e. The Labute approximate surface area is 182 Å². The molecule has 1 unspecified atom stereocenters. The van der Waals surface area contributed by atoms with Crippen molar-refractivity contribution in [2.45, 2.75) is 44.1 Å². The normalized spacial score (nSPS) is 17.5. The van der Waals surface area contributed by atoms with E-state index >= 15 is 0 Å². The first-order valence-corrected chi connectivity index (χ1v) is 10.9. The van der Waals surface area contributed by atoms with Crippen molar-refractivity contribution in [1.29, 1.82) is 10.7 Å². The van der Waals surface area contributed by atoms with Crippen molar-refractivity contribution in [2.75, 3.05) is 11.1 Å². The van der Waals surface area contributed by atoms with Gasteiger partial charge in [-0.2, -0.15) is 5.26 Å². The summed E-state index contributed by atoms with van der Waals surface area (Å²) < 4.78 is 0. The zero-order chi connectivity index (χ0) is 21.4.